The summed E-state index contributed by atoms with van der Waals surface area (Å²) < 4.78 is 5.46. The number of carbonyl (C=O) groups excluding carboxylic acids is 2. The lowest BCUT2D eigenvalue weighted by Crippen LogP contribution is -2.48. The minimum absolute atomic E-state index is 0.0839. The largest absolute Gasteiger partial charge is 0.496 e. The Labute approximate surface area is 215 Å². The first-order valence-corrected chi connectivity index (χ1v) is 12.6. The van der Waals surface area contributed by atoms with Crippen LogP contribution < -0.4 is 15.4 Å². The number of rotatable bonds is 7. The molecule has 5 rings (SSSR count). The molecule has 1 aromatic heterocycles. The predicted octanol–water partition coefficient (Wildman–Crippen LogP) is 2.61. The standard InChI is InChI=1S/C28H31N5O4/c1-16-5-3-6-20-19(16)10-12-33(28(36)23-14-21-22(32-23)7-4-8-24(21)37-2)25(20)27(35)31-18(15-29)13-17-9-11-30-26(17)34/h3-8,14,17-18,25,28,32,36H,9-13H2,1-2H3,(H,30,34)(H,31,35)/t17-,18-,25-,28?/m0/s1. The molecule has 9 nitrogen and oxygen atoms in total. The van der Waals surface area contributed by atoms with E-state index < -0.39 is 18.3 Å². The number of H-pyrrole nitrogens is 1. The number of aromatic amines is 1. The van der Waals surface area contributed by atoms with Gasteiger partial charge < -0.3 is 25.5 Å². The SMILES string of the molecule is COc1cccc2[nH]c(C(O)N3CCc4c(C)cccc4[C@H]3C(=O)N[C@H](C#N)C[C@@H]3CCNC3=O)cc12. The van der Waals surface area contributed by atoms with Gasteiger partial charge in [-0.3, -0.25) is 14.5 Å². The van der Waals surface area contributed by atoms with Gasteiger partial charge in [-0.2, -0.15) is 5.26 Å². The third-order valence-electron chi connectivity index (χ3n) is 7.55. The van der Waals surface area contributed by atoms with E-state index in [1.165, 1.54) is 0 Å². The van der Waals surface area contributed by atoms with Crippen molar-refractivity contribution in [2.75, 3.05) is 20.2 Å². The second kappa shape index (κ2) is 10.2. The van der Waals surface area contributed by atoms with E-state index in [0.29, 0.717) is 37.4 Å². The molecule has 4 N–H and O–H groups in total. The number of nitrogens with one attached hydrogen (secondary N) is 3. The van der Waals surface area contributed by atoms with Crippen LogP contribution in [0.15, 0.2) is 42.5 Å². The van der Waals surface area contributed by atoms with Crippen LogP contribution in [0.2, 0.25) is 0 Å². The highest BCUT2D eigenvalue weighted by Gasteiger charge is 2.39. The lowest BCUT2D eigenvalue weighted by Gasteiger charge is -2.39. The van der Waals surface area contributed by atoms with E-state index in [2.05, 4.69) is 21.7 Å². The maximum Gasteiger partial charge on any atom is 0.243 e. The maximum atomic E-state index is 13.8. The molecule has 1 saturated heterocycles. The van der Waals surface area contributed by atoms with Crippen molar-refractivity contribution < 1.29 is 19.4 Å². The van der Waals surface area contributed by atoms with Crippen molar-refractivity contribution in [1.29, 1.82) is 5.26 Å². The summed E-state index contributed by atoms with van der Waals surface area (Å²) in [6.07, 6.45) is 0.484. The molecular weight excluding hydrogens is 470 g/mol. The van der Waals surface area contributed by atoms with Gasteiger partial charge in [0.2, 0.25) is 11.8 Å². The van der Waals surface area contributed by atoms with E-state index in [1.54, 1.807) is 12.0 Å². The van der Waals surface area contributed by atoms with Gasteiger partial charge in [0.1, 0.15) is 24.1 Å². The average molecular weight is 502 g/mol. The zero-order valence-electron chi connectivity index (χ0n) is 21.0. The second-order valence-corrected chi connectivity index (χ2v) is 9.76. The molecule has 4 atom stereocenters. The Bertz CT molecular complexity index is 1380. The lowest BCUT2D eigenvalue weighted by molar-refractivity contribution is -0.134. The maximum absolute atomic E-state index is 13.8. The Balaban J connectivity index is 1.46. The van der Waals surface area contributed by atoms with E-state index in [1.807, 2.05) is 49.4 Å². The van der Waals surface area contributed by atoms with Crippen molar-refractivity contribution in [1.82, 2.24) is 20.5 Å². The van der Waals surface area contributed by atoms with Gasteiger partial charge in [0.15, 0.2) is 0 Å². The molecule has 0 radical (unpaired) electrons. The lowest BCUT2D eigenvalue weighted by atomic mass is 9.88. The fourth-order valence-corrected chi connectivity index (χ4v) is 5.62. The van der Waals surface area contributed by atoms with Gasteiger partial charge in [-0.15, -0.1) is 0 Å². The monoisotopic (exact) mass is 501 g/mol. The van der Waals surface area contributed by atoms with Gasteiger partial charge in [0, 0.05) is 29.9 Å². The van der Waals surface area contributed by atoms with Crippen LogP contribution in [-0.2, 0) is 16.0 Å². The summed E-state index contributed by atoms with van der Waals surface area (Å²) in [5.74, 6) is -0.0635. The third kappa shape index (κ3) is 4.66. The number of aliphatic hydroxyl groups excluding tert-OH is 1. The van der Waals surface area contributed by atoms with Gasteiger partial charge in [-0.1, -0.05) is 24.3 Å². The molecule has 1 fully saturated rings. The first kappa shape index (κ1) is 24.8. The first-order chi connectivity index (χ1) is 17.9. The second-order valence-electron chi connectivity index (χ2n) is 9.76. The quantitative estimate of drug-likeness (QED) is 0.394. The van der Waals surface area contributed by atoms with E-state index in [0.717, 1.165) is 27.6 Å². The van der Waals surface area contributed by atoms with Crippen molar-refractivity contribution in [2.45, 2.75) is 44.5 Å². The van der Waals surface area contributed by atoms with Gasteiger partial charge in [0.05, 0.1) is 18.9 Å². The fourth-order valence-electron chi connectivity index (χ4n) is 5.62. The average Bonchev–Trinajstić information content (AvgIpc) is 3.53. The molecule has 9 heteroatoms. The molecular formula is C28H31N5O4. The number of nitriles is 1. The predicted molar refractivity (Wildman–Crippen MR) is 137 cm³/mol. The zero-order chi connectivity index (χ0) is 26.1. The van der Waals surface area contributed by atoms with Crippen molar-refractivity contribution >= 4 is 22.7 Å². The molecule has 1 unspecified atom stereocenters. The molecule has 2 aromatic carbocycles. The number of fused-ring (bicyclic) bond motifs is 2. The van der Waals surface area contributed by atoms with E-state index in [9.17, 15) is 20.0 Å². The van der Waals surface area contributed by atoms with Gasteiger partial charge in [-0.05, 0) is 61.1 Å². The smallest absolute Gasteiger partial charge is 0.243 e. The highest BCUT2D eigenvalue weighted by molar-refractivity contribution is 5.87. The summed E-state index contributed by atoms with van der Waals surface area (Å²) >= 11 is 0. The van der Waals surface area contributed by atoms with Crippen LogP contribution in [0.3, 0.4) is 0 Å². The van der Waals surface area contributed by atoms with E-state index >= 15 is 0 Å². The number of nitrogens with zero attached hydrogens (tertiary/aromatic N) is 2. The van der Waals surface area contributed by atoms with Crippen LogP contribution in [0.5, 0.6) is 5.75 Å². The molecule has 0 aliphatic carbocycles. The summed E-state index contributed by atoms with van der Waals surface area (Å²) in [6, 6.07) is 13.8. The summed E-state index contributed by atoms with van der Waals surface area (Å²) in [6.45, 7) is 3.05. The summed E-state index contributed by atoms with van der Waals surface area (Å²) in [5, 5.41) is 27.8. The van der Waals surface area contributed by atoms with Crippen LogP contribution in [0.1, 0.15) is 47.5 Å². The Morgan fingerprint density at radius 2 is 2.14 bits per heavy atom. The molecule has 2 amide bonds. The number of hydrogen-bond donors (Lipinski definition) is 4. The molecule has 2 aliphatic rings. The van der Waals surface area contributed by atoms with E-state index in [-0.39, 0.29) is 24.2 Å². The van der Waals surface area contributed by atoms with Crippen LogP contribution >= 0.6 is 0 Å². The Hall–Kier alpha value is -3.87. The zero-order valence-corrected chi connectivity index (χ0v) is 21.0. The molecule has 3 heterocycles. The van der Waals surface area contributed by atoms with Gasteiger partial charge >= 0.3 is 0 Å². The number of aliphatic hydroxyl groups is 1. The fraction of sp³-hybridized carbons (Fsp3) is 0.393. The molecule has 2 aliphatic heterocycles. The minimum atomic E-state index is -1.09. The minimum Gasteiger partial charge on any atom is -0.496 e. The van der Waals surface area contributed by atoms with Crippen LogP contribution in [0.25, 0.3) is 10.9 Å². The number of methoxy groups -OCH3 is 1. The summed E-state index contributed by atoms with van der Waals surface area (Å²) in [4.78, 5) is 30.8. The summed E-state index contributed by atoms with van der Waals surface area (Å²) in [7, 11) is 1.60. The Morgan fingerprint density at radius 1 is 1.32 bits per heavy atom. The van der Waals surface area contributed by atoms with Crippen LogP contribution in [-0.4, -0.2) is 53.0 Å². The Morgan fingerprint density at radius 3 is 2.86 bits per heavy atom. The molecule has 192 valence electrons. The number of benzene rings is 2. The molecule has 37 heavy (non-hydrogen) atoms. The molecule has 0 saturated carbocycles. The van der Waals surface area contributed by atoms with Crippen LogP contribution in [0.4, 0.5) is 0 Å². The van der Waals surface area contributed by atoms with Crippen molar-refractivity contribution in [3.05, 3.63) is 64.8 Å². The van der Waals surface area contributed by atoms with E-state index in [4.69, 9.17) is 4.74 Å². The van der Waals surface area contributed by atoms with Crippen molar-refractivity contribution in [3.8, 4) is 11.8 Å². The molecule has 0 spiro atoms. The topological polar surface area (TPSA) is 130 Å². The van der Waals surface area contributed by atoms with Crippen LogP contribution in [0, 0.1) is 24.2 Å². The van der Waals surface area contributed by atoms with Crippen molar-refractivity contribution in [3.63, 3.8) is 0 Å². The van der Waals surface area contributed by atoms with Gasteiger partial charge in [-0.25, -0.2) is 0 Å². The first-order valence-electron chi connectivity index (χ1n) is 12.6. The van der Waals surface area contributed by atoms with Gasteiger partial charge in [0.25, 0.3) is 0 Å². The molecule has 0 bridgehead atoms. The Kier molecular flexibility index (Phi) is 6.87. The number of carbonyl (C=O) groups is 2. The highest BCUT2D eigenvalue weighted by atomic mass is 16.5. The summed E-state index contributed by atoms with van der Waals surface area (Å²) in [5.41, 5.74) is 4.34. The number of aromatic nitrogens is 1. The molecule has 3 aromatic rings. The number of ether oxygens (including phenoxy) is 1. The number of hydrogen-bond acceptors (Lipinski definition) is 6. The third-order valence-corrected chi connectivity index (χ3v) is 7.55. The van der Waals surface area contributed by atoms with Crippen molar-refractivity contribution in [2.24, 2.45) is 5.92 Å². The highest BCUT2D eigenvalue weighted by Crippen LogP contribution is 2.38. The normalized spacial score (nSPS) is 21.1. The number of aryl methyl sites for hydroxylation is 1. The number of amides is 2.